The smallest absolute Gasteiger partial charge is 0.343 e. The van der Waals surface area contributed by atoms with Crippen molar-refractivity contribution in [3.05, 3.63) is 67.6 Å². The van der Waals surface area contributed by atoms with E-state index in [9.17, 15) is 24.5 Å². The first-order valence-electron chi connectivity index (χ1n) is 7.47. The lowest BCUT2D eigenvalue weighted by molar-refractivity contribution is -0.384. The Morgan fingerprint density at radius 3 is 2.28 bits per heavy atom. The molecule has 130 valence electrons. The van der Waals surface area contributed by atoms with Crippen LogP contribution in [0.25, 0.3) is 5.69 Å². The van der Waals surface area contributed by atoms with E-state index in [1.54, 1.807) is 13.8 Å². The minimum atomic E-state index is -0.828. The first-order chi connectivity index (χ1) is 11.8. The highest BCUT2D eigenvalue weighted by atomic mass is 16.6. The van der Waals surface area contributed by atoms with Crippen molar-refractivity contribution < 1.29 is 19.2 Å². The highest BCUT2D eigenvalue weighted by Gasteiger charge is 2.21. The largest absolute Gasteiger partial charge is 0.462 e. The lowest BCUT2D eigenvalue weighted by atomic mass is 10.1. The fourth-order valence-electron chi connectivity index (χ4n) is 2.45. The van der Waals surface area contributed by atoms with Crippen molar-refractivity contribution >= 4 is 17.4 Å². The standard InChI is InChI=1S/C17H16N2O6/c1-4-25-17(22)15-9-14(11(3)20)10(2)18(16(15)21)12-5-7-13(8-6-12)19(23)24/h5-9H,4H2,1-3H3. The number of esters is 1. The second kappa shape index (κ2) is 7.08. The highest BCUT2D eigenvalue weighted by molar-refractivity contribution is 5.98. The second-order valence-electron chi connectivity index (χ2n) is 5.25. The van der Waals surface area contributed by atoms with E-state index < -0.39 is 16.5 Å². The summed E-state index contributed by atoms with van der Waals surface area (Å²) in [5.41, 5.74) is -0.226. The van der Waals surface area contributed by atoms with Gasteiger partial charge < -0.3 is 4.74 Å². The molecule has 8 heteroatoms. The third kappa shape index (κ3) is 3.47. The molecule has 0 N–H and O–H groups in total. The van der Waals surface area contributed by atoms with Gasteiger partial charge in [-0.3, -0.25) is 24.3 Å². The number of Topliss-reactive ketones (excluding diaryl/α,β-unsaturated/α-hetero) is 1. The van der Waals surface area contributed by atoms with Crippen LogP contribution in [0.5, 0.6) is 0 Å². The van der Waals surface area contributed by atoms with Crippen LogP contribution in [-0.4, -0.2) is 27.8 Å². The molecule has 2 rings (SSSR count). The number of benzene rings is 1. The Kier molecular flexibility index (Phi) is 5.11. The fourth-order valence-corrected chi connectivity index (χ4v) is 2.45. The fraction of sp³-hybridized carbons (Fsp3) is 0.235. The molecule has 1 aromatic carbocycles. The highest BCUT2D eigenvalue weighted by Crippen LogP contribution is 2.18. The third-order valence-electron chi connectivity index (χ3n) is 3.64. The number of carbonyl (C=O) groups is 2. The summed E-state index contributed by atoms with van der Waals surface area (Å²) in [5, 5.41) is 10.8. The van der Waals surface area contributed by atoms with Crippen molar-refractivity contribution in [1.82, 2.24) is 4.57 Å². The number of hydrogen-bond donors (Lipinski definition) is 0. The quantitative estimate of drug-likeness (QED) is 0.357. The lowest BCUT2D eigenvalue weighted by Crippen LogP contribution is -2.29. The maximum absolute atomic E-state index is 12.7. The van der Waals surface area contributed by atoms with Gasteiger partial charge in [-0.25, -0.2) is 4.79 Å². The van der Waals surface area contributed by atoms with Gasteiger partial charge in [-0.2, -0.15) is 0 Å². The van der Waals surface area contributed by atoms with Crippen molar-refractivity contribution in [1.29, 1.82) is 0 Å². The minimum Gasteiger partial charge on any atom is -0.462 e. The first kappa shape index (κ1) is 18.1. The van der Waals surface area contributed by atoms with Gasteiger partial charge in [-0.15, -0.1) is 0 Å². The molecule has 0 radical (unpaired) electrons. The van der Waals surface area contributed by atoms with Crippen molar-refractivity contribution in [3.63, 3.8) is 0 Å². The Morgan fingerprint density at radius 1 is 1.20 bits per heavy atom. The summed E-state index contributed by atoms with van der Waals surface area (Å²) >= 11 is 0. The Hall–Kier alpha value is -3.29. The average Bonchev–Trinajstić information content (AvgIpc) is 2.55. The molecule has 0 amide bonds. The molecule has 1 aromatic heterocycles. The number of rotatable bonds is 5. The van der Waals surface area contributed by atoms with Gasteiger partial charge in [0, 0.05) is 29.1 Å². The minimum absolute atomic E-state index is 0.0824. The lowest BCUT2D eigenvalue weighted by Gasteiger charge is -2.15. The second-order valence-corrected chi connectivity index (χ2v) is 5.25. The van der Waals surface area contributed by atoms with Crippen LogP contribution in [0.15, 0.2) is 35.1 Å². The van der Waals surface area contributed by atoms with Crippen LogP contribution in [0.3, 0.4) is 0 Å². The number of nitro benzene ring substituents is 1. The van der Waals surface area contributed by atoms with E-state index in [2.05, 4.69) is 0 Å². The van der Waals surface area contributed by atoms with E-state index in [-0.39, 0.29) is 29.2 Å². The summed E-state index contributed by atoms with van der Waals surface area (Å²) in [5.74, 6) is -1.15. The zero-order chi connectivity index (χ0) is 18.7. The molecule has 0 aliphatic heterocycles. The molecule has 0 spiro atoms. The summed E-state index contributed by atoms with van der Waals surface area (Å²) in [6.07, 6.45) is 0. The third-order valence-corrected chi connectivity index (χ3v) is 3.64. The Balaban J connectivity index is 2.75. The van der Waals surface area contributed by atoms with Crippen LogP contribution in [0.4, 0.5) is 5.69 Å². The van der Waals surface area contributed by atoms with Crippen LogP contribution < -0.4 is 5.56 Å². The maximum atomic E-state index is 12.7. The average molecular weight is 344 g/mol. The summed E-state index contributed by atoms with van der Waals surface area (Å²) in [7, 11) is 0. The number of nitro groups is 1. The summed E-state index contributed by atoms with van der Waals surface area (Å²) in [6.45, 7) is 4.57. The number of nitrogens with zero attached hydrogens (tertiary/aromatic N) is 2. The Bertz CT molecular complexity index is 912. The van der Waals surface area contributed by atoms with Crippen LogP contribution in [0.2, 0.25) is 0 Å². The van der Waals surface area contributed by atoms with Gasteiger partial charge in [-0.1, -0.05) is 0 Å². The molecule has 25 heavy (non-hydrogen) atoms. The number of pyridine rings is 1. The number of carbonyl (C=O) groups excluding carboxylic acids is 2. The normalized spacial score (nSPS) is 10.4. The molecule has 0 aliphatic carbocycles. The van der Waals surface area contributed by atoms with Crippen LogP contribution in [0.1, 0.15) is 40.3 Å². The molecule has 1 heterocycles. The van der Waals surface area contributed by atoms with E-state index >= 15 is 0 Å². The molecule has 8 nitrogen and oxygen atoms in total. The molecular weight excluding hydrogens is 328 g/mol. The van der Waals surface area contributed by atoms with Crippen LogP contribution in [-0.2, 0) is 4.74 Å². The molecule has 0 saturated heterocycles. The molecule has 2 aromatic rings. The van der Waals surface area contributed by atoms with Crippen LogP contribution in [0, 0.1) is 17.0 Å². The van der Waals surface area contributed by atoms with Crippen molar-refractivity contribution in [3.8, 4) is 5.69 Å². The van der Waals surface area contributed by atoms with E-state index in [0.29, 0.717) is 11.4 Å². The SMILES string of the molecule is CCOC(=O)c1cc(C(C)=O)c(C)n(-c2ccc([N+](=O)[O-])cc2)c1=O. The summed E-state index contributed by atoms with van der Waals surface area (Å²) < 4.78 is 6.05. The van der Waals surface area contributed by atoms with E-state index in [1.165, 1.54) is 41.8 Å². The molecule has 0 bridgehead atoms. The van der Waals surface area contributed by atoms with Gasteiger partial charge >= 0.3 is 5.97 Å². The number of aromatic nitrogens is 1. The molecule has 0 saturated carbocycles. The van der Waals surface area contributed by atoms with Gasteiger partial charge in [0.05, 0.1) is 11.5 Å². The van der Waals surface area contributed by atoms with Crippen LogP contribution >= 0.6 is 0 Å². The van der Waals surface area contributed by atoms with Crippen molar-refractivity contribution in [2.75, 3.05) is 6.61 Å². The van der Waals surface area contributed by atoms with Gasteiger partial charge in [-0.05, 0) is 39.0 Å². The zero-order valence-electron chi connectivity index (χ0n) is 13.9. The predicted octanol–water partition coefficient (Wildman–Crippen LogP) is 2.43. The number of non-ortho nitro benzene ring substituents is 1. The molecule has 0 fully saturated rings. The van der Waals surface area contributed by atoms with Gasteiger partial charge in [0.25, 0.3) is 11.2 Å². The summed E-state index contributed by atoms with van der Waals surface area (Å²) in [4.78, 5) is 46.9. The maximum Gasteiger partial charge on any atom is 0.343 e. The van der Waals surface area contributed by atoms with Crippen molar-refractivity contribution in [2.45, 2.75) is 20.8 Å². The zero-order valence-corrected chi connectivity index (χ0v) is 13.9. The molecule has 0 atom stereocenters. The Labute approximate surface area is 142 Å². The molecular formula is C17H16N2O6. The van der Waals surface area contributed by atoms with Gasteiger partial charge in [0.15, 0.2) is 5.78 Å². The molecule has 0 aliphatic rings. The Morgan fingerprint density at radius 2 is 1.80 bits per heavy atom. The predicted molar refractivity (Wildman–Crippen MR) is 89.4 cm³/mol. The topological polar surface area (TPSA) is 109 Å². The first-order valence-corrected chi connectivity index (χ1v) is 7.47. The van der Waals surface area contributed by atoms with Crippen molar-refractivity contribution in [2.24, 2.45) is 0 Å². The molecule has 0 unspecified atom stereocenters. The van der Waals surface area contributed by atoms with Gasteiger partial charge in [0.2, 0.25) is 0 Å². The van der Waals surface area contributed by atoms with E-state index in [0.717, 1.165) is 0 Å². The summed E-state index contributed by atoms with van der Waals surface area (Å²) in [6, 6.07) is 6.47. The number of hydrogen-bond acceptors (Lipinski definition) is 6. The van der Waals surface area contributed by atoms with E-state index in [1.807, 2.05) is 0 Å². The number of ether oxygens (including phenoxy) is 1. The van der Waals surface area contributed by atoms with Gasteiger partial charge in [0.1, 0.15) is 5.56 Å². The van der Waals surface area contributed by atoms with E-state index in [4.69, 9.17) is 4.74 Å². The number of ketones is 1. The monoisotopic (exact) mass is 344 g/mol.